The standard InChI is InChI=1S/C24H24FN3O2/c1-12(2)20-21(15-5-7-17(25)8-6-15)18-10-16-11-26-28-23(16)14(4)24(18)27-22(20)13(3)9-19(29)30/h5-8,10-13H,9H2,1-4H3,(H,26,28)(H,29,30). The highest BCUT2D eigenvalue weighted by atomic mass is 19.1. The first-order valence-corrected chi connectivity index (χ1v) is 10.1. The van der Waals surface area contributed by atoms with Crippen LogP contribution < -0.4 is 0 Å². The second-order valence-electron chi connectivity index (χ2n) is 8.18. The van der Waals surface area contributed by atoms with E-state index in [0.717, 1.165) is 49.8 Å². The monoisotopic (exact) mass is 405 g/mol. The van der Waals surface area contributed by atoms with Gasteiger partial charge in [0.2, 0.25) is 0 Å². The molecule has 0 saturated carbocycles. The Bertz CT molecular complexity index is 1260. The van der Waals surface area contributed by atoms with Gasteiger partial charge in [-0.2, -0.15) is 5.10 Å². The van der Waals surface area contributed by atoms with Gasteiger partial charge < -0.3 is 5.11 Å². The molecule has 4 aromatic rings. The maximum absolute atomic E-state index is 13.7. The molecule has 2 aromatic heterocycles. The maximum Gasteiger partial charge on any atom is 0.304 e. The predicted molar refractivity (Wildman–Crippen MR) is 116 cm³/mol. The van der Waals surface area contributed by atoms with Crippen LogP contribution >= 0.6 is 0 Å². The lowest BCUT2D eigenvalue weighted by Crippen LogP contribution is -2.11. The molecule has 30 heavy (non-hydrogen) atoms. The molecule has 0 saturated heterocycles. The molecular weight excluding hydrogens is 381 g/mol. The van der Waals surface area contributed by atoms with Gasteiger partial charge in [0.15, 0.2) is 0 Å². The first-order chi connectivity index (χ1) is 14.3. The Kier molecular flexibility index (Phi) is 5.02. The van der Waals surface area contributed by atoms with Crippen molar-refractivity contribution in [2.24, 2.45) is 0 Å². The lowest BCUT2D eigenvalue weighted by molar-refractivity contribution is -0.137. The molecule has 0 spiro atoms. The van der Waals surface area contributed by atoms with Crippen molar-refractivity contribution in [1.82, 2.24) is 15.2 Å². The van der Waals surface area contributed by atoms with Crippen molar-refractivity contribution in [2.45, 2.75) is 46.0 Å². The molecule has 5 nitrogen and oxygen atoms in total. The Morgan fingerprint density at radius 2 is 1.90 bits per heavy atom. The topological polar surface area (TPSA) is 78.9 Å². The number of aromatic amines is 1. The number of carboxylic acids is 1. The summed E-state index contributed by atoms with van der Waals surface area (Å²) in [6.45, 7) is 8.05. The lowest BCUT2D eigenvalue weighted by atomic mass is 9.83. The number of carbonyl (C=O) groups is 1. The summed E-state index contributed by atoms with van der Waals surface area (Å²) in [5, 5.41) is 18.5. The highest BCUT2D eigenvalue weighted by Crippen LogP contribution is 2.42. The molecule has 1 atom stereocenters. The zero-order valence-electron chi connectivity index (χ0n) is 17.5. The third-order valence-corrected chi connectivity index (χ3v) is 5.66. The number of pyridine rings is 1. The van der Waals surface area contributed by atoms with Crippen LogP contribution in [0.25, 0.3) is 32.9 Å². The van der Waals surface area contributed by atoms with Crippen molar-refractivity contribution in [2.75, 3.05) is 0 Å². The Morgan fingerprint density at radius 1 is 1.20 bits per heavy atom. The Labute approximate surface area is 174 Å². The van der Waals surface area contributed by atoms with Crippen LogP contribution in [0.5, 0.6) is 0 Å². The van der Waals surface area contributed by atoms with E-state index in [9.17, 15) is 14.3 Å². The summed E-state index contributed by atoms with van der Waals surface area (Å²) in [5.41, 5.74) is 6.33. The number of fused-ring (bicyclic) bond motifs is 2. The van der Waals surface area contributed by atoms with Gasteiger partial charge >= 0.3 is 5.97 Å². The normalized spacial score (nSPS) is 12.7. The Balaban J connectivity index is 2.17. The number of halogens is 1. The van der Waals surface area contributed by atoms with Crippen LogP contribution in [0.1, 0.15) is 55.8 Å². The van der Waals surface area contributed by atoms with E-state index in [1.807, 2.05) is 13.8 Å². The molecule has 0 radical (unpaired) electrons. The summed E-state index contributed by atoms with van der Waals surface area (Å²) in [4.78, 5) is 16.4. The van der Waals surface area contributed by atoms with E-state index < -0.39 is 5.97 Å². The molecule has 6 heteroatoms. The molecule has 2 heterocycles. The van der Waals surface area contributed by atoms with Gasteiger partial charge in [0, 0.05) is 27.9 Å². The average Bonchev–Trinajstić information content (AvgIpc) is 3.16. The number of aliphatic carboxylic acids is 1. The van der Waals surface area contributed by atoms with E-state index in [-0.39, 0.29) is 24.1 Å². The molecule has 2 aromatic carbocycles. The van der Waals surface area contributed by atoms with Crippen molar-refractivity contribution in [1.29, 1.82) is 0 Å². The van der Waals surface area contributed by atoms with E-state index >= 15 is 0 Å². The first-order valence-electron chi connectivity index (χ1n) is 10.1. The fourth-order valence-corrected chi connectivity index (χ4v) is 4.28. The molecular formula is C24H24FN3O2. The summed E-state index contributed by atoms with van der Waals surface area (Å²) >= 11 is 0. The van der Waals surface area contributed by atoms with Gasteiger partial charge in [-0.15, -0.1) is 0 Å². The smallest absolute Gasteiger partial charge is 0.304 e. The summed E-state index contributed by atoms with van der Waals surface area (Å²) in [7, 11) is 0. The number of carboxylic acid groups (broad SMARTS) is 1. The van der Waals surface area contributed by atoms with Gasteiger partial charge in [0.25, 0.3) is 0 Å². The second-order valence-corrected chi connectivity index (χ2v) is 8.18. The number of hydrogen-bond donors (Lipinski definition) is 2. The summed E-state index contributed by atoms with van der Waals surface area (Å²) in [6, 6.07) is 8.52. The number of nitrogens with one attached hydrogen (secondary N) is 1. The number of benzene rings is 2. The largest absolute Gasteiger partial charge is 0.481 e. The van der Waals surface area contributed by atoms with Crippen LogP contribution in [0.4, 0.5) is 4.39 Å². The molecule has 154 valence electrons. The number of aryl methyl sites for hydroxylation is 1. The minimum atomic E-state index is -0.858. The molecule has 0 aliphatic rings. The quantitative estimate of drug-likeness (QED) is 0.431. The molecule has 0 aliphatic heterocycles. The predicted octanol–water partition coefficient (Wildman–Crippen LogP) is 5.93. The van der Waals surface area contributed by atoms with Crippen LogP contribution in [0, 0.1) is 12.7 Å². The fourth-order valence-electron chi connectivity index (χ4n) is 4.28. The van der Waals surface area contributed by atoms with Crippen molar-refractivity contribution < 1.29 is 14.3 Å². The van der Waals surface area contributed by atoms with Gasteiger partial charge in [0.1, 0.15) is 5.82 Å². The van der Waals surface area contributed by atoms with Crippen LogP contribution in [0.2, 0.25) is 0 Å². The van der Waals surface area contributed by atoms with Gasteiger partial charge in [-0.1, -0.05) is 32.9 Å². The van der Waals surface area contributed by atoms with Crippen molar-refractivity contribution in [3.05, 3.63) is 59.2 Å². The third kappa shape index (κ3) is 3.32. The zero-order chi connectivity index (χ0) is 21.6. The van der Waals surface area contributed by atoms with Crippen LogP contribution in [0.3, 0.4) is 0 Å². The number of hydrogen-bond acceptors (Lipinski definition) is 3. The highest BCUT2D eigenvalue weighted by molar-refractivity contribution is 6.06. The molecule has 0 aliphatic carbocycles. The van der Waals surface area contributed by atoms with Crippen molar-refractivity contribution in [3.63, 3.8) is 0 Å². The first kappa shape index (κ1) is 20.0. The van der Waals surface area contributed by atoms with E-state index in [1.54, 1.807) is 18.3 Å². The summed E-state index contributed by atoms with van der Waals surface area (Å²) in [6.07, 6.45) is 1.78. The molecule has 0 bridgehead atoms. The number of nitrogens with zero attached hydrogens (tertiary/aromatic N) is 2. The Hall–Kier alpha value is -3.28. The number of H-pyrrole nitrogens is 1. The SMILES string of the molecule is Cc1c2nc(C(C)CC(=O)O)c(C(C)C)c(-c3ccc(F)cc3)c2cc2cn[nH]c12. The Morgan fingerprint density at radius 3 is 2.53 bits per heavy atom. The highest BCUT2D eigenvalue weighted by Gasteiger charge is 2.25. The van der Waals surface area contributed by atoms with Crippen molar-refractivity contribution in [3.8, 4) is 11.1 Å². The number of aromatic nitrogens is 3. The summed E-state index contributed by atoms with van der Waals surface area (Å²) < 4.78 is 13.7. The van der Waals surface area contributed by atoms with Crippen LogP contribution in [0.15, 0.2) is 36.5 Å². The molecule has 4 rings (SSSR count). The van der Waals surface area contributed by atoms with Gasteiger partial charge in [0.05, 0.1) is 23.7 Å². The fraction of sp³-hybridized carbons (Fsp3) is 0.292. The minimum Gasteiger partial charge on any atom is -0.481 e. The van der Waals surface area contributed by atoms with E-state index in [2.05, 4.69) is 30.1 Å². The van der Waals surface area contributed by atoms with Gasteiger partial charge in [-0.25, -0.2) is 4.39 Å². The maximum atomic E-state index is 13.7. The van der Waals surface area contributed by atoms with Gasteiger partial charge in [-0.3, -0.25) is 14.9 Å². The van der Waals surface area contributed by atoms with Crippen molar-refractivity contribution >= 4 is 27.8 Å². The molecule has 0 amide bonds. The van der Waals surface area contributed by atoms with Crippen LogP contribution in [-0.4, -0.2) is 26.3 Å². The van der Waals surface area contributed by atoms with Gasteiger partial charge in [-0.05, 0) is 47.7 Å². The zero-order valence-corrected chi connectivity index (χ0v) is 17.5. The van der Waals surface area contributed by atoms with Crippen LogP contribution in [-0.2, 0) is 4.79 Å². The average molecular weight is 405 g/mol. The van der Waals surface area contributed by atoms with E-state index in [0.29, 0.717) is 0 Å². The summed E-state index contributed by atoms with van der Waals surface area (Å²) in [5.74, 6) is -1.31. The van der Waals surface area contributed by atoms with E-state index in [4.69, 9.17) is 4.98 Å². The molecule has 0 fully saturated rings. The molecule has 2 N–H and O–H groups in total. The lowest BCUT2D eigenvalue weighted by Gasteiger charge is -2.24. The second kappa shape index (κ2) is 7.52. The minimum absolute atomic E-state index is 0.00751. The van der Waals surface area contributed by atoms with E-state index in [1.165, 1.54) is 12.1 Å². The molecule has 1 unspecified atom stereocenters. The number of rotatable bonds is 5. The third-order valence-electron chi connectivity index (χ3n) is 5.66.